The lowest BCUT2D eigenvalue weighted by atomic mass is 10.1. The SMILES string of the molecule is C=C1C(=O)c2cccc(O)c2C1=O. The Morgan fingerprint density at radius 2 is 1.85 bits per heavy atom. The fourth-order valence-electron chi connectivity index (χ4n) is 1.38. The van der Waals surface area contributed by atoms with Crippen LogP contribution < -0.4 is 0 Å². The Labute approximate surface area is 74.3 Å². The van der Waals surface area contributed by atoms with Crippen LogP contribution >= 0.6 is 0 Å². The van der Waals surface area contributed by atoms with Gasteiger partial charge in [-0.05, 0) is 6.07 Å². The highest BCUT2D eigenvalue weighted by Gasteiger charge is 2.33. The smallest absolute Gasteiger partial charge is 0.200 e. The molecule has 3 nitrogen and oxygen atoms in total. The Kier molecular flexibility index (Phi) is 1.36. The minimum atomic E-state index is -0.474. The Balaban J connectivity index is 2.81. The number of fused-ring (bicyclic) bond motifs is 1. The third kappa shape index (κ3) is 0.839. The summed E-state index contributed by atoms with van der Waals surface area (Å²) in [5.41, 5.74) is 0.254. The van der Waals surface area contributed by atoms with Crippen LogP contribution in [0.4, 0.5) is 0 Å². The quantitative estimate of drug-likeness (QED) is 0.476. The highest BCUT2D eigenvalue weighted by molar-refractivity contribution is 6.39. The lowest BCUT2D eigenvalue weighted by molar-refractivity contribution is 0.0989. The summed E-state index contributed by atoms with van der Waals surface area (Å²) in [5.74, 6) is -1.02. The number of phenolic OH excluding ortho intramolecular Hbond substituents is 1. The zero-order chi connectivity index (χ0) is 9.59. The maximum Gasteiger partial charge on any atom is 0.200 e. The van der Waals surface area contributed by atoms with E-state index in [0.717, 1.165) is 0 Å². The maximum atomic E-state index is 11.3. The Morgan fingerprint density at radius 3 is 2.46 bits per heavy atom. The molecule has 1 aliphatic rings. The topological polar surface area (TPSA) is 54.4 Å². The first-order valence-electron chi connectivity index (χ1n) is 3.73. The van der Waals surface area contributed by atoms with E-state index in [1.807, 2.05) is 0 Å². The van der Waals surface area contributed by atoms with Crippen molar-refractivity contribution in [2.24, 2.45) is 0 Å². The van der Waals surface area contributed by atoms with Crippen LogP contribution in [0, 0.1) is 0 Å². The number of phenols is 1. The minimum Gasteiger partial charge on any atom is -0.507 e. The molecule has 0 spiro atoms. The predicted molar refractivity (Wildman–Crippen MR) is 45.9 cm³/mol. The Hall–Kier alpha value is -1.90. The molecule has 0 unspecified atom stereocenters. The lowest BCUT2D eigenvalue weighted by Gasteiger charge is -1.96. The second kappa shape index (κ2) is 2.29. The van der Waals surface area contributed by atoms with Gasteiger partial charge in [0.15, 0.2) is 5.78 Å². The van der Waals surface area contributed by atoms with Crippen molar-refractivity contribution in [3.63, 3.8) is 0 Å². The molecule has 3 heteroatoms. The van der Waals surface area contributed by atoms with E-state index in [4.69, 9.17) is 0 Å². The van der Waals surface area contributed by atoms with Crippen molar-refractivity contribution in [1.82, 2.24) is 0 Å². The molecule has 1 N–H and O–H groups in total. The molecule has 1 aromatic carbocycles. The molecule has 0 saturated heterocycles. The molecular formula is C10H6O3. The molecule has 0 bridgehead atoms. The van der Waals surface area contributed by atoms with Crippen molar-refractivity contribution in [3.8, 4) is 5.75 Å². The number of Topliss-reactive ketones (excluding diaryl/α,β-unsaturated/α-hetero) is 2. The van der Waals surface area contributed by atoms with E-state index in [0.29, 0.717) is 0 Å². The van der Waals surface area contributed by atoms with Gasteiger partial charge in [-0.25, -0.2) is 0 Å². The number of benzene rings is 1. The van der Waals surface area contributed by atoms with Gasteiger partial charge in [0.2, 0.25) is 5.78 Å². The average Bonchev–Trinajstić information content (AvgIpc) is 2.33. The van der Waals surface area contributed by atoms with Crippen LogP contribution in [0.2, 0.25) is 0 Å². The van der Waals surface area contributed by atoms with Crippen LogP contribution in [-0.4, -0.2) is 16.7 Å². The van der Waals surface area contributed by atoms with Gasteiger partial charge in [-0.2, -0.15) is 0 Å². The van der Waals surface area contributed by atoms with Gasteiger partial charge in [-0.3, -0.25) is 9.59 Å². The summed E-state index contributed by atoms with van der Waals surface area (Å²) in [5, 5.41) is 9.32. The second-order valence-electron chi connectivity index (χ2n) is 2.84. The Bertz CT molecular complexity index is 443. The third-order valence-corrected chi connectivity index (χ3v) is 2.06. The third-order valence-electron chi connectivity index (χ3n) is 2.06. The molecule has 0 heterocycles. The van der Waals surface area contributed by atoms with Crippen LogP contribution in [0.15, 0.2) is 30.4 Å². The van der Waals surface area contributed by atoms with Crippen molar-refractivity contribution >= 4 is 11.6 Å². The highest BCUT2D eigenvalue weighted by Crippen LogP contribution is 2.31. The predicted octanol–water partition coefficient (Wildman–Crippen LogP) is 1.33. The summed E-state index contributed by atoms with van der Waals surface area (Å²) in [6.07, 6.45) is 0. The molecule has 0 fully saturated rings. The summed E-state index contributed by atoms with van der Waals surface area (Å²) in [6, 6.07) is 4.41. The molecule has 1 aromatic rings. The molecule has 0 atom stereocenters. The minimum absolute atomic E-state index is 0.0727. The standard InChI is InChI=1S/C10H6O3/c1-5-9(12)6-3-2-4-7(11)8(6)10(5)13/h2-4,11H,1H2. The average molecular weight is 174 g/mol. The summed E-state index contributed by atoms with van der Waals surface area (Å²) in [7, 11) is 0. The molecule has 13 heavy (non-hydrogen) atoms. The van der Waals surface area contributed by atoms with E-state index in [1.54, 1.807) is 0 Å². The molecule has 0 radical (unpaired) electrons. The van der Waals surface area contributed by atoms with Gasteiger partial charge in [-0.1, -0.05) is 18.7 Å². The molecule has 1 aliphatic carbocycles. The van der Waals surface area contributed by atoms with Crippen molar-refractivity contribution < 1.29 is 14.7 Å². The monoisotopic (exact) mass is 174 g/mol. The summed E-state index contributed by atoms with van der Waals surface area (Å²) < 4.78 is 0. The summed E-state index contributed by atoms with van der Waals surface area (Å²) >= 11 is 0. The molecular weight excluding hydrogens is 168 g/mol. The van der Waals surface area contributed by atoms with Gasteiger partial charge in [0.1, 0.15) is 5.75 Å². The van der Waals surface area contributed by atoms with Gasteiger partial charge in [-0.15, -0.1) is 0 Å². The van der Waals surface area contributed by atoms with Crippen LogP contribution in [-0.2, 0) is 0 Å². The van der Waals surface area contributed by atoms with Gasteiger partial charge < -0.3 is 5.11 Å². The van der Waals surface area contributed by atoms with E-state index in [2.05, 4.69) is 6.58 Å². The maximum absolute atomic E-state index is 11.3. The van der Waals surface area contributed by atoms with E-state index in [1.165, 1.54) is 18.2 Å². The number of allylic oxidation sites excluding steroid dienone is 1. The van der Waals surface area contributed by atoms with Crippen molar-refractivity contribution in [2.45, 2.75) is 0 Å². The Morgan fingerprint density at radius 1 is 1.15 bits per heavy atom. The van der Waals surface area contributed by atoms with Crippen LogP contribution in [0.5, 0.6) is 5.75 Å². The fourth-order valence-corrected chi connectivity index (χ4v) is 1.38. The normalized spacial score (nSPS) is 14.9. The van der Waals surface area contributed by atoms with Crippen LogP contribution in [0.25, 0.3) is 0 Å². The number of aromatic hydroxyl groups is 1. The number of hydrogen-bond acceptors (Lipinski definition) is 3. The highest BCUT2D eigenvalue weighted by atomic mass is 16.3. The first-order chi connectivity index (χ1) is 6.13. The van der Waals surface area contributed by atoms with E-state index >= 15 is 0 Å². The van der Waals surface area contributed by atoms with E-state index in [-0.39, 0.29) is 22.4 Å². The molecule has 0 saturated carbocycles. The van der Waals surface area contributed by atoms with Crippen LogP contribution in [0.3, 0.4) is 0 Å². The van der Waals surface area contributed by atoms with E-state index in [9.17, 15) is 14.7 Å². The first kappa shape index (κ1) is 7.73. The van der Waals surface area contributed by atoms with Crippen LogP contribution in [0.1, 0.15) is 20.7 Å². The molecule has 0 amide bonds. The lowest BCUT2D eigenvalue weighted by Crippen LogP contribution is -1.97. The molecule has 0 aliphatic heterocycles. The molecule has 64 valence electrons. The second-order valence-corrected chi connectivity index (χ2v) is 2.84. The van der Waals surface area contributed by atoms with Crippen molar-refractivity contribution in [2.75, 3.05) is 0 Å². The summed E-state index contributed by atoms with van der Waals surface area (Å²) in [6.45, 7) is 3.36. The van der Waals surface area contributed by atoms with Gasteiger partial charge in [0, 0.05) is 5.56 Å². The summed E-state index contributed by atoms with van der Waals surface area (Å²) in [4.78, 5) is 22.7. The van der Waals surface area contributed by atoms with Crippen molar-refractivity contribution in [1.29, 1.82) is 0 Å². The number of rotatable bonds is 0. The molecule has 2 rings (SSSR count). The number of carbonyl (C=O) groups excluding carboxylic acids is 2. The fraction of sp³-hybridized carbons (Fsp3) is 0. The van der Waals surface area contributed by atoms with Gasteiger partial charge in [0.25, 0.3) is 0 Å². The zero-order valence-electron chi connectivity index (χ0n) is 6.70. The zero-order valence-corrected chi connectivity index (χ0v) is 6.70. The van der Waals surface area contributed by atoms with Gasteiger partial charge in [0.05, 0.1) is 11.1 Å². The van der Waals surface area contributed by atoms with Gasteiger partial charge >= 0.3 is 0 Å². The number of carbonyl (C=O) groups is 2. The number of hydrogen-bond donors (Lipinski definition) is 1. The van der Waals surface area contributed by atoms with E-state index < -0.39 is 11.6 Å². The largest absolute Gasteiger partial charge is 0.507 e. The molecule has 0 aromatic heterocycles. The first-order valence-corrected chi connectivity index (χ1v) is 3.73. The van der Waals surface area contributed by atoms with Crippen molar-refractivity contribution in [3.05, 3.63) is 41.5 Å². The number of ketones is 2.